The third-order valence-electron chi connectivity index (χ3n) is 4.76. The first-order valence-electron chi connectivity index (χ1n) is 9.45. The summed E-state index contributed by atoms with van der Waals surface area (Å²) in [4.78, 5) is 12.4. The van der Waals surface area contributed by atoms with Crippen LogP contribution in [0.25, 0.3) is 11.4 Å². The van der Waals surface area contributed by atoms with Gasteiger partial charge in [0, 0.05) is 18.5 Å². The van der Waals surface area contributed by atoms with Crippen LogP contribution in [0.2, 0.25) is 0 Å². The molecule has 10 heteroatoms. The largest absolute Gasteiger partial charge is 0.497 e. The number of amides is 1. The van der Waals surface area contributed by atoms with Gasteiger partial charge in [0.15, 0.2) is 10.6 Å². The van der Waals surface area contributed by atoms with Crippen molar-refractivity contribution in [2.75, 3.05) is 7.11 Å². The number of hydrogen-bond acceptors (Lipinski definition) is 4. The molecule has 1 atom stereocenters. The Labute approximate surface area is 182 Å². The lowest BCUT2D eigenvalue weighted by Gasteiger charge is -2.16. The van der Waals surface area contributed by atoms with E-state index in [-0.39, 0.29) is 18.9 Å². The summed E-state index contributed by atoms with van der Waals surface area (Å²) < 4.78 is 46.0. The summed E-state index contributed by atoms with van der Waals surface area (Å²) >= 11 is 5.27. The standard InChI is InChI=1S/C21H21F3N4O2S/c1-13(15-4-3-5-16(12-15)21(22,23)24)25-18(29)10-11-28-19(26-27-20(28)31)14-6-8-17(30-2)9-7-14/h3-9,12-13H,10-11H2,1-2H3,(H,25,29)(H,27,31). The van der Waals surface area contributed by atoms with Crippen molar-refractivity contribution in [2.45, 2.75) is 32.1 Å². The lowest BCUT2D eigenvalue weighted by molar-refractivity contribution is -0.137. The van der Waals surface area contributed by atoms with E-state index in [1.54, 1.807) is 36.8 Å². The number of methoxy groups -OCH3 is 1. The number of carbonyl (C=O) groups excluding carboxylic acids is 1. The molecule has 31 heavy (non-hydrogen) atoms. The molecular formula is C21H21F3N4O2S. The number of benzene rings is 2. The smallest absolute Gasteiger partial charge is 0.416 e. The second kappa shape index (κ2) is 9.34. The topological polar surface area (TPSA) is 71.9 Å². The van der Waals surface area contributed by atoms with Gasteiger partial charge < -0.3 is 10.1 Å². The van der Waals surface area contributed by atoms with Gasteiger partial charge in [0.2, 0.25) is 5.91 Å². The van der Waals surface area contributed by atoms with Crippen LogP contribution in [0.15, 0.2) is 48.5 Å². The summed E-state index contributed by atoms with van der Waals surface area (Å²) in [5, 5.41) is 9.68. The molecule has 0 aliphatic carbocycles. The Kier molecular flexibility index (Phi) is 6.79. The first-order valence-corrected chi connectivity index (χ1v) is 9.86. The Morgan fingerprint density at radius 2 is 1.97 bits per heavy atom. The summed E-state index contributed by atoms with van der Waals surface area (Å²) in [5.41, 5.74) is 0.424. The predicted octanol–water partition coefficient (Wildman–Crippen LogP) is 4.90. The molecule has 0 spiro atoms. The van der Waals surface area contributed by atoms with Gasteiger partial charge in [-0.1, -0.05) is 12.1 Å². The molecule has 164 valence electrons. The van der Waals surface area contributed by atoms with E-state index in [1.807, 2.05) is 12.1 Å². The molecule has 0 aliphatic heterocycles. The van der Waals surface area contributed by atoms with Crippen LogP contribution >= 0.6 is 12.2 Å². The monoisotopic (exact) mass is 450 g/mol. The molecule has 2 aromatic carbocycles. The van der Waals surface area contributed by atoms with E-state index in [0.29, 0.717) is 21.9 Å². The molecule has 1 aromatic heterocycles. The van der Waals surface area contributed by atoms with Crippen LogP contribution in [-0.4, -0.2) is 27.8 Å². The normalized spacial score (nSPS) is 12.4. The van der Waals surface area contributed by atoms with Crippen molar-refractivity contribution in [2.24, 2.45) is 0 Å². The second-order valence-corrected chi connectivity index (χ2v) is 7.28. The number of aromatic amines is 1. The molecule has 0 fully saturated rings. The average molecular weight is 450 g/mol. The van der Waals surface area contributed by atoms with Crippen molar-refractivity contribution < 1.29 is 22.7 Å². The Morgan fingerprint density at radius 1 is 1.26 bits per heavy atom. The number of nitrogens with zero attached hydrogens (tertiary/aromatic N) is 2. The molecule has 3 aromatic rings. The molecule has 1 amide bonds. The van der Waals surface area contributed by atoms with E-state index < -0.39 is 17.8 Å². The van der Waals surface area contributed by atoms with Crippen molar-refractivity contribution in [1.82, 2.24) is 20.1 Å². The molecule has 0 bridgehead atoms. The zero-order chi connectivity index (χ0) is 22.6. The summed E-state index contributed by atoms with van der Waals surface area (Å²) in [6, 6.07) is 11.6. The molecule has 0 saturated carbocycles. The highest BCUT2D eigenvalue weighted by Gasteiger charge is 2.30. The Hall–Kier alpha value is -3.14. The number of hydrogen-bond donors (Lipinski definition) is 2. The van der Waals surface area contributed by atoms with Gasteiger partial charge in [-0.25, -0.2) is 0 Å². The molecule has 2 N–H and O–H groups in total. The van der Waals surface area contributed by atoms with Crippen molar-refractivity contribution in [3.8, 4) is 17.1 Å². The average Bonchev–Trinajstić information content (AvgIpc) is 3.12. The maximum Gasteiger partial charge on any atom is 0.416 e. The van der Waals surface area contributed by atoms with Gasteiger partial charge in [-0.05, 0) is 61.1 Å². The van der Waals surface area contributed by atoms with E-state index >= 15 is 0 Å². The molecule has 0 aliphatic rings. The first-order chi connectivity index (χ1) is 14.7. The van der Waals surface area contributed by atoms with E-state index in [4.69, 9.17) is 17.0 Å². The van der Waals surface area contributed by atoms with Crippen molar-refractivity contribution in [3.63, 3.8) is 0 Å². The van der Waals surface area contributed by atoms with Crippen LogP contribution < -0.4 is 10.1 Å². The highest BCUT2D eigenvalue weighted by atomic mass is 32.1. The molecule has 1 unspecified atom stereocenters. The van der Waals surface area contributed by atoms with Crippen LogP contribution in [-0.2, 0) is 17.5 Å². The fourth-order valence-electron chi connectivity index (χ4n) is 3.08. The van der Waals surface area contributed by atoms with E-state index in [0.717, 1.165) is 17.7 Å². The number of H-pyrrole nitrogens is 1. The molecule has 1 heterocycles. The van der Waals surface area contributed by atoms with Gasteiger partial charge in [0.1, 0.15) is 5.75 Å². The quantitative estimate of drug-likeness (QED) is 0.502. The Balaban J connectivity index is 1.66. The number of halogens is 3. The van der Waals surface area contributed by atoms with Crippen LogP contribution in [0.3, 0.4) is 0 Å². The van der Waals surface area contributed by atoms with E-state index in [2.05, 4.69) is 15.5 Å². The van der Waals surface area contributed by atoms with Crippen LogP contribution in [0, 0.1) is 4.77 Å². The minimum atomic E-state index is -4.44. The molecule has 0 saturated heterocycles. The highest BCUT2D eigenvalue weighted by molar-refractivity contribution is 7.71. The first kappa shape index (κ1) is 22.5. The maximum absolute atomic E-state index is 12.9. The molecular weight excluding hydrogens is 429 g/mol. The van der Waals surface area contributed by atoms with Crippen LogP contribution in [0.5, 0.6) is 5.75 Å². The van der Waals surface area contributed by atoms with E-state index in [1.165, 1.54) is 6.07 Å². The Bertz CT molecular complexity index is 1110. The second-order valence-electron chi connectivity index (χ2n) is 6.89. The number of rotatable bonds is 7. The SMILES string of the molecule is COc1ccc(-c2n[nH]c(=S)n2CCC(=O)NC(C)c2cccc(C(F)(F)F)c2)cc1. The third-order valence-corrected chi connectivity index (χ3v) is 5.07. The molecule has 3 rings (SSSR count). The zero-order valence-corrected chi connectivity index (χ0v) is 17.7. The van der Waals surface area contributed by atoms with Gasteiger partial charge in [-0.15, -0.1) is 0 Å². The van der Waals surface area contributed by atoms with Crippen LogP contribution in [0.4, 0.5) is 13.2 Å². The lowest BCUT2D eigenvalue weighted by Crippen LogP contribution is -2.27. The van der Waals surface area contributed by atoms with Crippen LogP contribution in [0.1, 0.15) is 30.5 Å². The van der Waals surface area contributed by atoms with Gasteiger partial charge in [-0.3, -0.25) is 14.5 Å². The number of alkyl halides is 3. The summed E-state index contributed by atoms with van der Waals surface area (Å²) in [7, 11) is 1.57. The minimum Gasteiger partial charge on any atom is -0.497 e. The molecule has 0 radical (unpaired) electrons. The van der Waals surface area contributed by atoms with Gasteiger partial charge in [0.05, 0.1) is 18.7 Å². The summed E-state index contributed by atoms with van der Waals surface area (Å²) in [5.74, 6) is 0.965. The number of ether oxygens (including phenoxy) is 1. The van der Waals surface area contributed by atoms with Crippen molar-refractivity contribution in [1.29, 1.82) is 0 Å². The van der Waals surface area contributed by atoms with Gasteiger partial charge in [0.25, 0.3) is 0 Å². The predicted molar refractivity (Wildman–Crippen MR) is 112 cm³/mol. The molecule has 6 nitrogen and oxygen atoms in total. The number of aromatic nitrogens is 3. The number of nitrogens with one attached hydrogen (secondary N) is 2. The van der Waals surface area contributed by atoms with Crippen molar-refractivity contribution in [3.05, 3.63) is 64.4 Å². The lowest BCUT2D eigenvalue weighted by atomic mass is 10.0. The van der Waals surface area contributed by atoms with Gasteiger partial charge >= 0.3 is 6.18 Å². The Morgan fingerprint density at radius 3 is 2.61 bits per heavy atom. The fraction of sp³-hybridized carbons (Fsp3) is 0.286. The maximum atomic E-state index is 12.9. The van der Waals surface area contributed by atoms with Gasteiger partial charge in [-0.2, -0.15) is 18.3 Å². The number of carbonyl (C=O) groups is 1. The zero-order valence-electron chi connectivity index (χ0n) is 16.9. The van der Waals surface area contributed by atoms with E-state index in [9.17, 15) is 18.0 Å². The summed E-state index contributed by atoms with van der Waals surface area (Å²) in [6.07, 6.45) is -4.35. The fourth-order valence-corrected chi connectivity index (χ4v) is 3.30. The summed E-state index contributed by atoms with van der Waals surface area (Å²) in [6.45, 7) is 1.90. The highest BCUT2D eigenvalue weighted by Crippen LogP contribution is 2.30. The minimum absolute atomic E-state index is 0.0836. The third kappa shape index (κ3) is 5.52. The van der Waals surface area contributed by atoms with Crippen molar-refractivity contribution >= 4 is 18.1 Å².